The Morgan fingerprint density at radius 2 is 2.00 bits per heavy atom. The van der Waals surface area contributed by atoms with Crippen LogP contribution in [0.4, 0.5) is 0 Å². The van der Waals surface area contributed by atoms with Crippen molar-refractivity contribution < 1.29 is 19.4 Å². The molecule has 2 aromatic rings. The average Bonchev–Trinajstić information content (AvgIpc) is 3.01. The highest BCUT2D eigenvalue weighted by atomic mass is 32.2. The van der Waals surface area contributed by atoms with Crippen molar-refractivity contribution in [3.05, 3.63) is 41.3 Å². The molecule has 0 saturated heterocycles. The maximum Gasteiger partial charge on any atom is 0.226 e. The Bertz CT molecular complexity index is 713. The van der Waals surface area contributed by atoms with Crippen molar-refractivity contribution in [1.29, 1.82) is 0 Å². The number of aromatic nitrogens is 1. The number of oxazole rings is 1. The second-order valence-electron chi connectivity index (χ2n) is 7.37. The normalized spacial score (nSPS) is 20.3. The Morgan fingerprint density at radius 1 is 1.22 bits per heavy atom. The first-order valence-corrected chi connectivity index (χ1v) is 10.8. The summed E-state index contributed by atoms with van der Waals surface area (Å²) < 4.78 is 12.0. The molecule has 148 valence electrons. The third kappa shape index (κ3) is 6.07. The summed E-state index contributed by atoms with van der Waals surface area (Å²) in [4.78, 5) is 4.63. The van der Waals surface area contributed by atoms with E-state index in [-0.39, 0.29) is 6.10 Å². The van der Waals surface area contributed by atoms with Gasteiger partial charge in [0, 0.05) is 11.3 Å². The lowest BCUT2D eigenvalue weighted by atomic mass is 9.88. The second kappa shape index (κ2) is 9.73. The first-order chi connectivity index (χ1) is 13.0. The topological polar surface area (TPSA) is 75.7 Å². The van der Waals surface area contributed by atoms with Crippen LogP contribution in [0.1, 0.15) is 42.7 Å². The molecule has 1 aliphatic rings. The largest absolute Gasteiger partial charge is 0.441 e. The van der Waals surface area contributed by atoms with Gasteiger partial charge >= 0.3 is 0 Å². The third-order valence-electron chi connectivity index (χ3n) is 5.00. The summed E-state index contributed by atoms with van der Waals surface area (Å²) in [5, 5.41) is 17.9. The minimum atomic E-state index is -1.22. The molecule has 27 heavy (non-hydrogen) atoms. The highest BCUT2D eigenvalue weighted by Gasteiger charge is 2.23. The molecule has 0 spiro atoms. The molecule has 0 aliphatic heterocycles. The predicted octanol–water partition coefficient (Wildman–Crippen LogP) is 4.08. The van der Waals surface area contributed by atoms with Crippen molar-refractivity contribution in [2.24, 2.45) is 5.92 Å². The van der Waals surface area contributed by atoms with Crippen LogP contribution in [0, 0.1) is 19.8 Å². The van der Waals surface area contributed by atoms with E-state index in [9.17, 15) is 0 Å². The number of aryl methyl sites for hydroxylation is 2. The number of ether oxygens (including phenoxy) is 1. The number of aliphatic hydroxyl groups excluding tert-OH is 1. The van der Waals surface area contributed by atoms with E-state index >= 15 is 0 Å². The summed E-state index contributed by atoms with van der Waals surface area (Å²) in [5.74, 6) is 3.37. The lowest BCUT2D eigenvalue weighted by Crippen LogP contribution is -2.24. The van der Waals surface area contributed by atoms with Crippen LogP contribution in [0.15, 0.2) is 28.7 Å². The van der Waals surface area contributed by atoms with Crippen LogP contribution in [0.5, 0.6) is 0 Å². The molecule has 2 atom stereocenters. The summed E-state index contributed by atoms with van der Waals surface area (Å²) in [6, 6.07) is 8.16. The van der Waals surface area contributed by atoms with Gasteiger partial charge in [0.1, 0.15) is 11.5 Å². The Kier molecular flexibility index (Phi) is 7.35. The molecular weight excluding hydrogens is 362 g/mol. The van der Waals surface area contributed by atoms with E-state index in [4.69, 9.17) is 19.4 Å². The molecule has 5 nitrogen and oxygen atoms in total. The van der Waals surface area contributed by atoms with Gasteiger partial charge < -0.3 is 19.4 Å². The lowest BCUT2D eigenvalue weighted by molar-refractivity contribution is -0.0187. The zero-order chi connectivity index (χ0) is 19.2. The Labute approximate surface area is 165 Å². The number of hydrogen-bond acceptors (Lipinski definition) is 6. The molecule has 1 heterocycles. The minimum absolute atomic E-state index is 0.238. The third-order valence-corrected chi connectivity index (χ3v) is 6.24. The average molecular weight is 392 g/mol. The summed E-state index contributed by atoms with van der Waals surface area (Å²) in [6.07, 6.45) is 3.46. The number of hydrogen-bond donors (Lipinski definition) is 2. The first kappa shape index (κ1) is 20.4. The van der Waals surface area contributed by atoms with E-state index < -0.39 is 6.29 Å². The van der Waals surface area contributed by atoms with Gasteiger partial charge in [0.25, 0.3) is 0 Å². The van der Waals surface area contributed by atoms with Crippen LogP contribution >= 0.6 is 11.8 Å². The minimum Gasteiger partial charge on any atom is -0.441 e. The quantitative estimate of drug-likeness (QED) is 0.661. The van der Waals surface area contributed by atoms with E-state index in [1.807, 2.05) is 19.1 Å². The van der Waals surface area contributed by atoms with Gasteiger partial charge in [-0.05, 0) is 56.9 Å². The maximum atomic E-state index is 8.96. The van der Waals surface area contributed by atoms with Gasteiger partial charge in [-0.3, -0.25) is 0 Å². The molecule has 3 rings (SSSR count). The van der Waals surface area contributed by atoms with Gasteiger partial charge in [-0.25, -0.2) is 4.98 Å². The lowest BCUT2D eigenvalue weighted by Gasteiger charge is -2.29. The summed E-state index contributed by atoms with van der Waals surface area (Å²) in [5.41, 5.74) is 3.06. The van der Waals surface area contributed by atoms with Gasteiger partial charge in [-0.2, -0.15) is 11.8 Å². The van der Waals surface area contributed by atoms with Gasteiger partial charge in [-0.15, -0.1) is 0 Å². The fourth-order valence-corrected chi connectivity index (χ4v) is 4.45. The van der Waals surface area contributed by atoms with E-state index in [1.165, 1.54) is 12.0 Å². The number of aliphatic hydroxyl groups is 2. The molecule has 1 aromatic carbocycles. The molecule has 1 aliphatic carbocycles. The highest BCUT2D eigenvalue weighted by molar-refractivity contribution is 7.99. The van der Waals surface area contributed by atoms with E-state index in [0.717, 1.165) is 42.0 Å². The number of benzene rings is 1. The standard InChI is InChI=1S/C21H29NO4S/c1-14-6-8-17(9-7-14)21-22-19(15(2)26-21)11-25-18-5-3-4-16(10-18)12-27-13-20(23)24/h6-9,16,18,20,23-24H,3-5,10-13H2,1-2H3. The number of rotatable bonds is 8. The second-order valence-corrected chi connectivity index (χ2v) is 8.45. The van der Waals surface area contributed by atoms with Crippen molar-refractivity contribution in [1.82, 2.24) is 4.98 Å². The smallest absolute Gasteiger partial charge is 0.226 e. The summed E-state index contributed by atoms with van der Waals surface area (Å²) >= 11 is 1.61. The van der Waals surface area contributed by atoms with Crippen molar-refractivity contribution >= 4 is 11.8 Å². The van der Waals surface area contributed by atoms with Crippen molar-refractivity contribution in [3.8, 4) is 11.5 Å². The molecule has 1 saturated carbocycles. The maximum absolute atomic E-state index is 8.96. The fourth-order valence-electron chi connectivity index (χ4n) is 3.46. The number of thioether (sulfide) groups is 1. The monoisotopic (exact) mass is 391 g/mol. The van der Waals surface area contributed by atoms with E-state index in [1.54, 1.807) is 11.8 Å². The molecule has 1 aromatic heterocycles. The zero-order valence-corrected chi connectivity index (χ0v) is 16.9. The summed E-state index contributed by atoms with van der Waals surface area (Å²) in [7, 11) is 0. The van der Waals surface area contributed by atoms with Crippen LogP contribution in [-0.4, -0.2) is 39.1 Å². The predicted molar refractivity (Wildman–Crippen MR) is 107 cm³/mol. The first-order valence-electron chi connectivity index (χ1n) is 9.60. The van der Waals surface area contributed by atoms with E-state index in [2.05, 4.69) is 24.0 Å². The van der Waals surface area contributed by atoms with Crippen molar-refractivity contribution in [2.75, 3.05) is 11.5 Å². The molecule has 2 unspecified atom stereocenters. The SMILES string of the molecule is Cc1ccc(-c2nc(COC3CCCC(CSCC(O)O)C3)c(C)o2)cc1. The Balaban J connectivity index is 1.51. The van der Waals surface area contributed by atoms with E-state index in [0.29, 0.717) is 24.2 Å². The fraction of sp³-hybridized carbons (Fsp3) is 0.571. The summed E-state index contributed by atoms with van der Waals surface area (Å²) in [6.45, 7) is 4.47. The van der Waals surface area contributed by atoms with Crippen LogP contribution < -0.4 is 0 Å². The van der Waals surface area contributed by atoms with Crippen LogP contribution in [0.25, 0.3) is 11.5 Å². The van der Waals surface area contributed by atoms with Crippen molar-refractivity contribution in [3.63, 3.8) is 0 Å². The molecular formula is C21H29NO4S. The highest BCUT2D eigenvalue weighted by Crippen LogP contribution is 2.30. The van der Waals surface area contributed by atoms with Gasteiger partial charge in [-0.1, -0.05) is 24.1 Å². The van der Waals surface area contributed by atoms with Gasteiger partial charge in [0.05, 0.1) is 12.7 Å². The number of nitrogens with zero attached hydrogens (tertiary/aromatic N) is 1. The van der Waals surface area contributed by atoms with Gasteiger partial charge in [0.15, 0.2) is 6.29 Å². The Hall–Kier alpha value is -1.34. The zero-order valence-electron chi connectivity index (χ0n) is 16.1. The van der Waals surface area contributed by atoms with Crippen LogP contribution in [0.2, 0.25) is 0 Å². The Morgan fingerprint density at radius 3 is 2.74 bits per heavy atom. The van der Waals surface area contributed by atoms with Crippen LogP contribution in [0.3, 0.4) is 0 Å². The molecule has 2 N–H and O–H groups in total. The molecule has 0 amide bonds. The molecule has 0 bridgehead atoms. The molecule has 0 radical (unpaired) electrons. The molecule has 6 heteroatoms. The van der Waals surface area contributed by atoms with Crippen molar-refractivity contribution in [2.45, 2.75) is 58.5 Å². The van der Waals surface area contributed by atoms with Gasteiger partial charge in [0.2, 0.25) is 5.89 Å². The van der Waals surface area contributed by atoms with Crippen LogP contribution in [-0.2, 0) is 11.3 Å². The molecule has 1 fully saturated rings.